The van der Waals surface area contributed by atoms with Crippen molar-refractivity contribution in [1.82, 2.24) is 0 Å². The number of rotatable bonds is 4. The zero-order chi connectivity index (χ0) is 12.3. The highest BCUT2D eigenvalue weighted by atomic mass is 16.7. The quantitative estimate of drug-likeness (QED) is 0.858. The van der Waals surface area contributed by atoms with E-state index in [2.05, 4.69) is 6.07 Å². The van der Waals surface area contributed by atoms with Crippen molar-refractivity contribution in [2.45, 2.75) is 18.8 Å². The summed E-state index contributed by atoms with van der Waals surface area (Å²) in [6, 6.07) is 7.35. The van der Waals surface area contributed by atoms with Crippen molar-refractivity contribution in [2.24, 2.45) is 0 Å². The van der Waals surface area contributed by atoms with Crippen LogP contribution < -0.4 is 9.47 Å². The highest BCUT2D eigenvalue weighted by Crippen LogP contribution is 2.35. The lowest BCUT2D eigenvalue weighted by Crippen LogP contribution is -2.01. The van der Waals surface area contributed by atoms with Gasteiger partial charge >= 0.3 is 5.97 Å². The van der Waals surface area contributed by atoms with Crippen LogP contribution in [-0.2, 0) is 4.79 Å². The first-order chi connectivity index (χ1) is 8.20. The molecule has 0 spiro atoms. The minimum absolute atomic E-state index is 0.0212. The van der Waals surface area contributed by atoms with Gasteiger partial charge in [0.15, 0.2) is 11.5 Å². The maximum atomic E-state index is 10.5. The van der Waals surface area contributed by atoms with Gasteiger partial charge in [-0.25, -0.2) is 0 Å². The van der Waals surface area contributed by atoms with Gasteiger partial charge in [-0.3, -0.25) is 4.79 Å². The molecule has 0 bridgehead atoms. The molecule has 1 heterocycles. The fourth-order valence-corrected chi connectivity index (χ4v) is 1.70. The largest absolute Gasteiger partial charge is 0.481 e. The average Bonchev–Trinajstić information content (AvgIpc) is 2.76. The van der Waals surface area contributed by atoms with E-state index in [4.69, 9.17) is 19.8 Å². The normalized spacial score (nSPS) is 14.1. The number of nitrogens with zero attached hydrogens (tertiary/aromatic N) is 1. The zero-order valence-electron chi connectivity index (χ0n) is 9.05. The van der Waals surface area contributed by atoms with Crippen LogP contribution in [0.25, 0.3) is 0 Å². The number of fused-ring (bicyclic) bond motifs is 1. The summed E-state index contributed by atoms with van der Waals surface area (Å²) in [5, 5.41) is 17.6. The first-order valence-corrected chi connectivity index (χ1v) is 5.21. The predicted molar refractivity (Wildman–Crippen MR) is 57.8 cm³/mol. The third kappa shape index (κ3) is 2.48. The van der Waals surface area contributed by atoms with Crippen LogP contribution in [-0.4, -0.2) is 17.9 Å². The summed E-state index contributed by atoms with van der Waals surface area (Å²) in [4.78, 5) is 10.5. The molecule has 0 aliphatic carbocycles. The molecule has 1 N–H and O–H groups in total. The average molecular weight is 233 g/mol. The summed E-state index contributed by atoms with van der Waals surface area (Å²) in [6.07, 6.45) is 0.276. The Kier molecular flexibility index (Phi) is 3.15. The second kappa shape index (κ2) is 4.74. The van der Waals surface area contributed by atoms with Gasteiger partial charge in [0, 0.05) is 6.42 Å². The second-order valence-electron chi connectivity index (χ2n) is 3.73. The van der Waals surface area contributed by atoms with E-state index >= 15 is 0 Å². The van der Waals surface area contributed by atoms with E-state index in [9.17, 15) is 4.79 Å². The minimum Gasteiger partial charge on any atom is -0.481 e. The topological polar surface area (TPSA) is 79.6 Å². The van der Waals surface area contributed by atoms with E-state index in [0.29, 0.717) is 17.9 Å². The maximum absolute atomic E-state index is 10.5. The Morgan fingerprint density at radius 2 is 2.24 bits per heavy atom. The number of carboxylic acids is 1. The molecule has 2 rings (SSSR count). The van der Waals surface area contributed by atoms with Gasteiger partial charge in [0.25, 0.3) is 0 Å². The van der Waals surface area contributed by atoms with E-state index in [1.807, 2.05) is 0 Å². The summed E-state index contributed by atoms with van der Waals surface area (Å²) in [7, 11) is 0. The molecule has 1 unspecified atom stereocenters. The van der Waals surface area contributed by atoms with Crippen molar-refractivity contribution in [3.8, 4) is 17.6 Å². The highest BCUT2D eigenvalue weighted by Gasteiger charge is 2.18. The Bertz CT molecular complexity index is 478. The molecule has 1 aromatic carbocycles. The van der Waals surface area contributed by atoms with Gasteiger partial charge in [-0.1, -0.05) is 6.07 Å². The fraction of sp³-hybridized carbons (Fsp3) is 0.333. The van der Waals surface area contributed by atoms with Crippen LogP contribution in [0.15, 0.2) is 18.2 Å². The number of nitriles is 1. The van der Waals surface area contributed by atoms with Crippen LogP contribution in [0.1, 0.15) is 24.3 Å². The third-order valence-corrected chi connectivity index (χ3v) is 2.60. The number of aliphatic carboxylic acids is 1. The molecule has 0 saturated heterocycles. The van der Waals surface area contributed by atoms with E-state index < -0.39 is 11.9 Å². The monoisotopic (exact) mass is 233 g/mol. The van der Waals surface area contributed by atoms with Gasteiger partial charge in [-0.2, -0.15) is 5.26 Å². The lowest BCUT2D eigenvalue weighted by Gasteiger charge is -2.08. The second-order valence-corrected chi connectivity index (χ2v) is 3.73. The Morgan fingerprint density at radius 1 is 1.47 bits per heavy atom. The maximum Gasteiger partial charge on any atom is 0.303 e. The van der Waals surface area contributed by atoms with Gasteiger partial charge < -0.3 is 14.6 Å². The van der Waals surface area contributed by atoms with E-state index in [1.165, 1.54) is 0 Å². The lowest BCUT2D eigenvalue weighted by atomic mass is 9.95. The number of hydrogen-bond acceptors (Lipinski definition) is 4. The molecular formula is C12H11NO4. The zero-order valence-corrected chi connectivity index (χ0v) is 9.05. The summed E-state index contributed by atoms with van der Waals surface area (Å²) in [5.74, 6) is -0.0617. The van der Waals surface area contributed by atoms with Crippen molar-refractivity contribution in [3.05, 3.63) is 23.8 Å². The highest BCUT2D eigenvalue weighted by molar-refractivity contribution is 5.66. The van der Waals surface area contributed by atoms with Crippen LogP contribution in [0, 0.1) is 11.3 Å². The molecule has 17 heavy (non-hydrogen) atoms. The molecule has 1 aliphatic heterocycles. The van der Waals surface area contributed by atoms with E-state index in [0.717, 1.165) is 5.56 Å². The van der Waals surface area contributed by atoms with Crippen LogP contribution in [0.2, 0.25) is 0 Å². The Morgan fingerprint density at radius 3 is 2.94 bits per heavy atom. The Hall–Kier alpha value is -2.22. The molecular weight excluding hydrogens is 222 g/mol. The Labute approximate surface area is 98.2 Å². The molecule has 1 atom stereocenters. The fourth-order valence-electron chi connectivity index (χ4n) is 1.70. The summed E-state index contributed by atoms with van der Waals surface area (Å²) >= 11 is 0. The van der Waals surface area contributed by atoms with Crippen LogP contribution in [0.3, 0.4) is 0 Å². The third-order valence-electron chi connectivity index (χ3n) is 2.60. The summed E-state index contributed by atoms with van der Waals surface area (Å²) < 4.78 is 10.4. The molecule has 0 radical (unpaired) electrons. The van der Waals surface area contributed by atoms with Crippen molar-refractivity contribution < 1.29 is 19.4 Å². The number of benzene rings is 1. The molecule has 88 valence electrons. The van der Waals surface area contributed by atoms with Gasteiger partial charge in [0.05, 0.1) is 12.0 Å². The van der Waals surface area contributed by atoms with Crippen molar-refractivity contribution in [3.63, 3.8) is 0 Å². The van der Waals surface area contributed by atoms with E-state index in [-0.39, 0.29) is 13.2 Å². The number of hydrogen-bond donors (Lipinski definition) is 1. The Balaban J connectivity index is 2.14. The molecule has 0 aromatic heterocycles. The summed E-state index contributed by atoms with van der Waals surface area (Å²) in [5.41, 5.74) is 0.762. The SMILES string of the molecule is N#CC(CCC(=O)O)c1ccc2c(c1)OCO2. The van der Waals surface area contributed by atoms with E-state index in [1.54, 1.807) is 18.2 Å². The van der Waals surface area contributed by atoms with Gasteiger partial charge in [0.1, 0.15) is 0 Å². The molecule has 5 nitrogen and oxygen atoms in total. The molecule has 0 amide bonds. The first kappa shape index (κ1) is 11.3. The number of ether oxygens (including phenoxy) is 2. The van der Waals surface area contributed by atoms with Gasteiger partial charge in [-0.05, 0) is 24.1 Å². The van der Waals surface area contributed by atoms with Crippen LogP contribution >= 0.6 is 0 Å². The van der Waals surface area contributed by atoms with Crippen LogP contribution in [0.5, 0.6) is 11.5 Å². The van der Waals surface area contributed by atoms with Crippen molar-refractivity contribution in [2.75, 3.05) is 6.79 Å². The number of carbonyl (C=O) groups is 1. The predicted octanol–water partition coefficient (Wildman–Crippen LogP) is 1.89. The first-order valence-electron chi connectivity index (χ1n) is 5.21. The standard InChI is InChI=1S/C12H11NO4/c13-6-9(2-4-12(14)15)8-1-3-10-11(5-8)17-7-16-10/h1,3,5,9H,2,4,7H2,(H,14,15). The minimum atomic E-state index is -0.897. The smallest absolute Gasteiger partial charge is 0.303 e. The van der Waals surface area contributed by atoms with Crippen LogP contribution in [0.4, 0.5) is 0 Å². The molecule has 1 aromatic rings. The van der Waals surface area contributed by atoms with Crippen molar-refractivity contribution in [1.29, 1.82) is 5.26 Å². The number of carboxylic acid groups (broad SMARTS) is 1. The summed E-state index contributed by atoms with van der Waals surface area (Å²) in [6.45, 7) is 0.186. The lowest BCUT2D eigenvalue weighted by molar-refractivity contribution is -0.137. The molecule has 0 saturated carbocycles. The van der Waals surface area contributed by atoms with Gasteiger partial charge in [-0.15, -0.1) is 0 Å². The van der Waals surface area contributed by atoms with Gasteiger partial charge in [0.2, 0.25) is 6.79 Å². The molecule has 1 aliphatic rings. The molecule has 5 heteroatoms. The molecule has 0 fully saturated rings. The van der Waals surface area contributed by atoms with Crippen molar-refractivity contribution >= 4 is 5.97 Å².